The van der Waals surface area contributed by atoms with E-state index in [1.165, 1.54) is 24.2 Å². The van der Waals surface area contributed by atoms with E-state index in [4.69, 9.17) is 0 Å². The van der Waals surface area contributed by atoms with E-state index in [2.05, 4.69) is 14.9 Å². The Balaban J connectivity index is 1.70. The Kier molecular flexibility index (Phi) is 3.78. The van der Waals surface area contributed by atoms with Crippen LogP contribution in [0.1, 0.15) is 46.0 Å². The van der Waals surface area contributed by atoms with Crippen molar-refractivity contribution in [3.05, 3.63) is 52.6 Å². The fourth-order valence-corrected chi connectivity index (χ4v) is 2.95. The molecular weight excluding hydrogens is 262 g/mol. The number of carbonyl (C=O) groups excluding carboxylic acids is 1. The Morgan fingerprint density at radius 1 is 1.33 bits per heavy atom. The van der Waals surface area contributed by atoms with E-state index in [-0.39, 0.29) is 5.91 Å². The van der Waals surface area contributed by atoms with Crippen molar-refractivity contribution in [1.82, 2.24) is 14.9 Å². The van der Waals surface area contributed by atoms with Crippen molar-refractivity contribution in [3.63, 3.8) is 0 Å². The van der Waals surface area contributed by atoms with Crippen molar-refractivity contribution in [3.8, 4) is 0 Å². The lowest BCUT2D eigenvalue weighted by atomic mass is 10.0. The van der Waals surface area contributed by atoms with Crippen molar-refractivity contribution in [2.45, 2.75) is 39.2 Å². The molecule has 3 rings (SSSR count). The van der Waals surface area contributed by atoms with E-state index in [0.29, 0.717) is 12.1 Å². The summed E-state index contributed by atoms with van der Waals surface area (Å²) in [7, 11) is 2.05. The van der Waals surface area contributed by atoms with Gasteiger partial charge in [-0.25, -0.2) is 4.98 Å². The SMILES string of the molecule is Cc1cccc(C(=O)NCc2nc3c(n2C)CCCC3)c1. The van der Waals surface area contributed by atoms with Crippen LogP contribution in [0.5, 0.6) is 0 Å². The minimum Gasteiger partial charge on any atom is -0.345 e. The number of aromatic nitrogens is 2. The molecule has 0 spiro atoms. The summed E-state index contributed by atoms with van der Waals surface area (Å²) in [4.78, 5) is 16.9. The number of hydrogen-bond donors (Lipinski definition) is 1. The molecule has 1 aliphatic carbocycles. The number of nitrogens with zero attached hydrogens (tertiary/aromatic N) is 2. The topological polar surface area (TPSA) is 46.9 Å². The Bertz CT molecular complexity index is 673. The highest BCUT2D eigenvalue weighted by Crippen LogP contribution is 2.21. The molecule has 1 amide bonds. The normalized spacial score (nSPS) is 13.8. The van der Waals surface area contributed by atoms with Crippen LogP contribution in [0.2, 0.25) is 0 Å². The Morgan fingerprint density at radius 2 is 2.14 bits per heavy atom. The zero-order chi connectivity index (χ0) is 14.8. The van der Waals surface area contributed by atoms with Gasteiger partial charge < -0.3 is 9.88 Å². The lowest BCUT2D eigenvalue weighted by Gasteiger charge is -2.11. The number of hydrogen-bond acceptors (Lipinski definition) is 2. The van der Waals surface area contributed by atoms with Gasteiger partial charge in [0.15, 0.2) is 0 Å². The highest BCUT2D eigenvalue weighted by atomic mass is 16.1. The van der Waals surface area contributed by atoms with Gasteiger partial charge in [-0.15, -0.1) is 0 Å². The van der Waals surface area contributed by atoms with Crippen molar-refractivity contribution in [2.24, 2.45) is 7.05 Å². The number of amides is 1. The fourth-order valence-electron chi connectivity index (χ4n) is 2.95. The largest absolute Gasteiger partial charge is 0.345 e. The maximum Gasteiger partial charge on any atom is 0.251 e. The summed E-state index contributed by atoms with van der Waals surface area (Å²) in [6.45, 7) is 2.47. The maximum atomic E-state index is 12.2. The first-order valence-corrected chi connectivity index (χ1v) is 7.53. The molecule has 0 atom stereocenters. The predicted molar refractivity (Wildman–Crippen MR) is 82.2 cm³/mol. The lowest BCUT2D eigenvalue weighted by Crippen LogP contribution is -2.24. The van der Waals surface area contributed by atoms with E-state index in [1.807, 2.05) is 38.2 Å². The van der Waals surface area contributed by atoms with Gasteiger partial charge in [0.25, 0.3) is 5.91 Å². The number of aryl methyl sites for hydroxylation is 2. The van der Waals surface area contributed by atoms with Crippen molar-refractivity contribution in [1.29, 1.82) is 0 Å². The minimum atomic E-state index is -0.0420. The van der Waals surface area contributed by atoms with Crippen LogP contribution in [-0.2, 0) is 26.4 Å². The molecule has 1 N–H and O–H groups in total. The summed E-state index contributed by atoms with van der Waals surface area (Å²) in [6.07, 6.45) is 4.63. The fraction of sp³-hybridized carbons (Fsp3) is 0.412. The standard InChI is InChI=1S/C17H21N3O/c1-12-6-5-7-13(10-12)17(21)18-11-16-19-14-8-3-4-9-15(14)20(16)2/h5-7,10H,3-4,8-9,11H2,1-2H3,(H,18,21). The van der Waals surface area contributed by atoms with Crippen LogP contribution < -0.4 is 5.32 Å². The highest BCUT2D eigenvalue weighted by molar-refractivity contribution is 5.94. The zero-order valence-electron chi connectivity index (χ0n) is 12.6. The summed E-state index contributed by atoms with van der Waals surface area (Å²) in [5, 5.41) is 2.97. The first kappa shape index (κ1) is 13.9. The second-order valence-electron chi connectivity index (χ2n) is 5.74. The van der Waals surface area contributed by atoms with E-state index in [9.17, 15) is 4.79 Å². The van der Waals surface area contributed by atoms with Crippen LogP contribution in [0.15, 0.2) is 24.3 Å². The molecule has 0 unspecified atom stereocenters. The number of rotatable bonds is 3. The second kappa shape index (κ2) is 5.72. The molecule has 0 saturated heterocycles. The van der Waals surface area contributed by atoms with Gasteiger partial charge in [-0.2, -0.15) is 0 Å². The number of fused-ring (bicyclic) bond motifs is 1. The van der Waals surface area contributed by atoms with Crippen LogP contribution >= 0.6 is 0 Å². The smallest absolute Gasteiger partial charge is 0.251 e. The molecule has 4 nitrogen and oxygen atoms in total. The van der Waals surface area contributed by atoms with Crippen molar-refractivity contribution in [2.75, 3.05) is 0 Å². The van der Waals surface area contributed by atoms with Gasteiger partial charge in [0.05, 0.1) is 12.2 Å². The van der Waals surface area contributed by atoms with Crippen LogP contribution in [0.3, 0.4) is 0 Å². The Hall–Kier alpha value is -2.10. The van der Waals surface area contributed by atoms with Gasteiger partial charge in [-0.1, -0.05) is 17.7 Å². The second-order valence-corrected chi connectivity index (χ2v) is 5.74. The van der Waals surface area contributed by atoms with Gasteiger partial charge >= 0.3 is 0 Å². The number of imidazole rings is 1. The van der Waals surface area contributed by atoms with Gasteiger partial charge in [-0.3, -0.25) is 4.79 Å². The number of carbonyl (C=O) groups is 1. The molecule has 0 bridgehead atoms. The molecule has 4 heteroatoms. The van der Waals surface area contributed by atoms with Crippen LogP contribution in [0, 0.1) is 6.92 Å². The summed E-state index contributed by atoms with van der Waals surface area (Å²) < 4.78 is 2.14. The molecule has 21 heavy (non-hydrogen) atoms. The van der Waals surface area contributed by atoms with Gasteiger partial charge in [0.1, 0.15) is 5.82 Å². The molecule has 0 radical (unpaired) electrons. The van der Waals surface area contributed by atoms with Crippen molar-refractivity contribution < 1.29 is 4.79 Å². The van der Waals surface area contributed by atoms with Gasteiger partial charge in [0.2, 0.25) is 0 Å². The summed E-state index contributed by atoms with van der Waals surface area (Å²) in [5.74, 6) is 0.905. The van der Waals surface area contributed by atoms with Crippen molar-refractivity contribution >= 4 is 5.91 Å². The molecule has 1 aromatic heterocycles. The lowest BCUT2D eigenvalue weighted by molar-refractivity contribution is 0.0949. The molecule has 0 fully saturated rings. The Labute approximate surface area is 125 Å². The minimum absolute atomic E-state index is 0.0420. The van der Waals surface area contributed by atoms with E-state index in [1.54, 1.807) is 0 Å². The third-order valence-corrected chi connectivity index (χ3v) is 4.15. The molecule has 110 valence electrons. The molecule has 0 saturated carbocycles. The van der Waals surface area contributed by atoms with E-state index < -0.39 is 0 Å². The molecule has 1 aliphatic rings. The third-order valence-electron chi connectivity index (χ3n) is 4.15. The molecule has 1 heterocycles. The predicted octanol–water partition coefficient (Wildman–Crippen LogP) is 2.54. The molecule has 1 aromatic carbocycles. The first-order valence-electron chi connectivity index (χ1n) is 7.53. The van der Waals surface area contributed by atoms with Crippen LogP contribution in [0.25, 0.3) is 0 Å². The average molecular weight is 283 g/mol. The quantitative estimate of drug-likeness (QED) is 0.941. The molecule has 2 aromatic rings. The monoisotopic (exact) mass is 283 g/mol. The van der Waals surface area contributed by atoms with Gasteiger partial charge in [0, 0.05) is 18.3 Å². The number of benzene rings is 1. The summed E-state index contributed by atoms with van der Waals surface area (Å²) >= 11 is 0. The van der Waals surface area contributed by atoms with Crippen LogP contribution in [0.4, 0.5) is 0 Å². The van der Waals surface area contributed by atoms with Gasteiger partial charge in [-0.05, 0) is 44.7 Å². The van der Waals surface area contributed by atoms with E-state index in [0.717, 1.165) is 24.2 Å². The molecular formula is C17H21N3O. The highest BCUT2D eigenvalue weighted by Gasteiger charge is 2.18. The zero-order valence-corrected chi connectivity index (χ0v) is 12.6. The van der Waals surface area contributed by atoms with E-state index >= 15 is 0 Å². The maximum absolute atomic E-state index is 12.2. The molecule has 0 aliphatic heterocycles. The Morgan fingerprint density at radius 3 is 2.90 bits per heavy atom. The summed E-state index contributed by atoms with van der Waals surface area (Å²) in [5.41, 5.74) is 4.34. The van der Waals surface area contributed by atoms with Crippen LogP contribution in [-0.4, -0.2) is 15.5 Å². The first-order chi connectivity index (χ1) is 10.1. The average Bonchev–Trinajstić information content (AvgIpc) is 2.82. The third kappa shape index (κ3) is 2.84. The number of nitrogens with one attached hydrogen (secondary N) is 1. The summed E-state index contributed by atoms with van der Waals surface area (Å²) in [6, 6.07) is 7.64.